The molecule has 0 bridgehead atoms. The molecule has 2 heterocycles. The zero-order chi connectivity index (χ0) is 17.5. The number of hydrogen-bond acceptors (Lipinski definition) is 4. The summed E-state index contributed by atoms with van der Waals surface area (Å²) in [5.41, 5.74) is 5.03. The van der Waals surface area contributed by atoms with Gasteiger partial charge in [-0.15, -0.1) is 11.3 Å². The molecule has 1 unspecified atom stereocenters. The van der Waals surface area contributed by atoms with Crippen molar-refractivity contribution in [2.45, 2.75) is 12.5 Å². The van der Waals surface area contributed by atoms with Gasteiger partial charge in [0.05, 0.1) is 27.1 Å². The maximum Gasteiger partial charge on any atom is 0.281 e. The molecule has 3 aromatic rings. The van der Waals surface area contributed by atoms with Gasteiger partial charge in [-0.25, -0.2) is 4.98 Å². The molecule has 5 heteroatoms. The van der Waals surface area contributed by atoms with E-state index < -0.39 is 0 Å². The molecule has 0 radical (unpaired) electrons. The molecule has 1 amide bonds. The highest BCUT2D eigenvalue weighted by Crippen LogP contribution is 2.35. The highest BCUT2D eigenvalue weighted by atomic mass is 32.1. The zero-order valence-electron chi connectivity index (χ0n) is 13.9. The molecule has 0 saturated heterocycles. The number of amides is 1. The highest BCUT2D eigenvalue weighted by Gasteiger charge is 2.35. The van der Waals surface area contributed by atoms with Crippen molar-refractivity contribution in [2.75, 3.05) is 4.90 Å². The smallest absolute Gasteiger partial charge is 0.275 e. The highest BCUT2D eigenvalue weighted by molar-refractivity contribution is 7.07. The molecule has 1 aliphatic carbocycles. The Labute approximate surface area is 154 Å². The molecule has 0 N–H and O–H groups in total. The van der Waals surface area contributed by atoms with Gasteiger partial charge in [0.15, 0.2) is 0 Å². The van der Waals surface area contributed by atoms with Gasteiger partial charge in [-0.05, 0) is 30.7 Å². The van der Waals surface area contributed by atoms with E-state index in [0.717, 1.165) is 33.2 Å². The van der Waals surface area contributed by atoms with E-state index in [1.54, 1.807) is 16.2 Å². The third-order valence-electron chi connectivity index (χ3n) is 4.64. The predicted molar refractivity (Wildman–Crippen MR) is 105 cm³/mol. The first kappa shape index (κ1) is 15.2. The van der Waals surface area contributed by atoms with Crippen LogP contribution in [-0.2, 0) is 4.79 Å². The summed E-state index contributed by atoms with van der Waals surface area (Å²) in [7, 11) is 0. The second-order valence-corrected chi connectivity index (χ2v) is 7.13. The fraction of sp³-hybridized carbons (Fsp3) is 0.0952. The zero-order valence-corrected chi connectivity index (χ0v) is 14.7. The van der Waals surface area contributed by atoms with Crippen LogP contribution in [0.3, 0.4) is 0 Å². The van der Waals surface area contributed by atoms with E-state index in [-0.39, 0.29) is 11.9 Å². The Morgan fingerprint density at radius 1 is 1.08 bits per heavy atom. The fourth-order valence-corrected chi connectivity index (χ4v) is 4.20. The second kappa shape index (κ2) is 6.04. The molecule has 0 saturated carbocycles. The molecule has 1 aromatic heterocycles. The minimum atomic E-state index is -0.0686. The third-order valence-corrected chi connectivity index (χ3v) is 5.45. The monoisotopic (exact) mass is 357 g/mol. The van der Waals surface area contributed by atoms with Crippen molar-refractivity contribution < 1.29 is 4.79 Å². The SMILES string of the molecule is O=C1C(=NC2C=c3scnc3=CC2)c2ccccc2N1c1ccccc1. The summed E-state index contributed by atoms with van der Waals surface area (Å²) >= 11 is 1.61. The fourth-order valence-electron chi connectivity index (χ4n) is 3.43. The van der Waals surface area contributed by atoms with Crippen LogP contribution in [0.5, 0.6) is 0 Å². The van der Waals surface area contributed by atoms with E-state index in [4.69, 9.17) is 4.99 Å². The van der Waals surface area contributed by atoms with Crippen LogP contribution in [0.1, 0.15) is 12.0 Å². The summed E-state index contributed by atoms with van der Waals surface area (Å²) < 4.78 is 1.13. The Hall–Kier alpha value is -3.05. The molecule has 26 heavy (non-hydrogen) atoms. The lowest BCUT2D eigenvalue weighted by Gasteiger charge is -2.16. The van der Waals surface area contributed by atoms with Crippen LogP contribution >= 0.6 is 11.3 Å². The van der Waals surface area contributed by atoms with Gasteiger partial charge in [-0.3, -0.25) is 14.7 Å². The number of carbonyl (C=O) groups is 1. The minimum absolute atomic E-state index is 0.0364. The number of aliphatic imine (C=N–C) groups is 1. The number of fused-ring (bicyclic) bond motifs is 2. The van der Waals surface area contributed by atoms with E-state index in [2.05, 4.69) is 17.1 Å². The van der Waals surface area contributed by atoms with Gasteiger partial charge in [0.2, 0.25) is 0 Å². The van der Waals surface area contributed by atoms with Gasteiger partial charge in [0, 0.05) is 11.3 Å². The average molecular weight is 357 g/mol. The summed E-state index contributed by atoms with van der Waals surface area (Å²) in [6.45, 7) is 0. The number of para-hydroxylation sites is 2. The van der Waals surface area contributed by atoms with Crippen molar-refractivity contribution >= 4 is 46.5 Å². The Bertz CT molecular complexity index is 1150. The van der Waals surface area contributed by atoms with E-state index in [9.17, 15) is 4.79 Å². The Kier molecular flexibility index (Phi) is 3.53. The van der Waals surface area contributed by atoms with Gasteiger partial charge in [0.25, 0.3) is 5.91 Å². The largest absolute Gasteiger partial charge is 0.281 e. The maximum absolute atomic E-state index is 13.2. The second-order valence-electron chi connectivity index (χ2n) is 6.25. The van der Waals surface area contributed by atoms with Crippen molar-refractivity contribution in [3.63, 3.8) is 0 Å². The molecular formula is C21H15N3OS. The average Bonchev–Trinajstić information content (AvgIpc) is 3.25. The molecule has 1 atom stereocenters. The molecule has 0 spiro atoms. The molecule has 0 fully saturated rings. The number of benzene rings is 2. The van der Waals surface area contributed by atoms with Crippen molar-refractivity contribution in [3.8, 4) is 0 Å². The first-order valence-electron chi connectivity index (χ1n) is 8.49. The number of hydrogen-bond donors (Lipinski definition) is 0. The standard InChI is InChI=1S/C21H15N3OS/c25-21-20(23-14-10-11-17-19(12-14)26-13-22-17)16-8-4-5-9-18(16)24(21)15-6-2-1-3-7-15/h1-9,11-14H,10H2. The van der Waals surface area contributed by atoms with Crippen LogP contribution in [0.15, 0.2) is 65.1 Å². The number of carbonyl (C=O) groups excluding carboxylic acids is 1. The summed E-state index contributed by atoms with van der Waals surface area (Å²) in [5, 5.41) is 1.02. The van der Waals surface area contributed by atoms with Gasteiger partial charge in [-0.1, -0.05) is 42.5 Å². The normalized spacial score (nSPS) is 19.7. The molecule has 2 aromatic carbocycles. The number of nitrogens with zero attached hydrogens (tertiary/aromatic N) is 3. The maximum atomic E-state index is 13.2. The van der Waals surface area contributed by atoms with E-state index >= 15 is 0 Å². The van der Waals surface area contributed by atoms with Crippen LogP contribution in [-0.4, -0.2) is 22.6 Å². The van der Waals surface area contributed by atoms with E-state index in [0.29, 0.717) is 5.71 Å². The molecule has 4 nitrogen and oxygen atoms in total. The van der Waals surface area contributed by atoms with Crippen LogP contribution in [0.25, 0.3) is 12.2 Å². The number of thiazole rings is 1. The van der Waals surface area contributed by atoms with E-state index in [1.807, 2.05) is 60.1 Å². The van der Waals surface area contributed by atoms with Gasteiger partial charge in [0.1, 0.15) is 5.71 Å². The molecule has 126 valence electrons. The van der Waals surface area contributed by atoms with Crippen LogP contribution in [0.2, 0.25) is 0 Å². The van der Waals surface area contributed by atoms with Gasteiger partial charge >= 0.3 is 0 Å². The van der Waals surface area contributed by atoms with Crippen LogP contribution < -0.4 is 14.8 Å². The first-order chi connectivity index (χ1) is 12.8. The van der Waals surface area contributed by atoms with Crippen molar-refractivity contribution in [1.29, 1.82) is 0 Å². The number of aromatic nitrogens is 1. The molecule has 5 rings (SSSR count). The lowest BCUT2D eigenvalue weighted by Crippen LogP contribution is -2.29. The molecule has 2 aliphatic rings. The van der Waals surface area contributed by atoms with Crippen LogP contribution in [0, 0.1) is 0 Å². The number of rotatable bonds is 2. The summed E-state index contributed by atoms with van der Waals surface area (Å²) in [6.07, 6.45) is 4.98. The summed E-state index contributed by atoms with van der Waals surface area (Å²) in [6, 6.07) is 17.5. The van der Waals surface area contributed by atoms with Crippen LogP contribution in [0.4, 0.5) is 11.4 Å². The van der Waals surface area contributed by atoms with Crippen molar-refractivity contribution in [2.24, 2.45) is 4.99 Å². The quantitative estimate of drug-likeness (QED) is 0.708. The predicted octanol–water partition coefficient (Wildman–Crippen LogP) is 2.64. The van der Waals surface area contributed by atoms with Crippen molar-refractivity contribution in [1.82, 2.24) is 4.98 Å². The topological polar surface area (TPSA) is 45.6 Å². The Morgan fingerprint density at radius 3 is 2.77 bits per heavy atom. The first-order valence-corrected chi connectivity index (χ1v) is 9.37. The minimum Gasteiger partial charge on any atom is -0.275 e. The molecule has 1 aliphatic heterocycles. The molecular weight excluding hydrogens is 342 g/mol. The number of anilines is 2. The van der Waals surface area contributed by atoms with Gasteiger partial charge < -0.3 is 0 Å². The van der Waals surface area contributed by atoms with E-state index in [1.165, 1.54) is 0 Å². The summed E-state index contributed by atoms with van der Waals surface area (Å²) in [5.74, 6) is -0.0686. The lowest BCUT2D eigenvalue weighted by molar-refractivity contribution is -0.111. The third kappa shape index (κ3) is 2.40. The summed E-state index contributed by atoms with van der Waals surface area (Å²) in [4.78, 5) is 24.1. The Morgan fingerprint density at radius 2 is 1.88 bits per heavy atom. The van der Waals surface area contributed by atoms with Gasteiger partial charge in [-0.2, -0.15) is 0 Å². The lowest BCUT2D eigenvalue weighted by atomic mass is 10.1. The van der Waals surface area contributed by atoms with Crippen molar-refractivity contribution in [3.05, 3.63) is 75.6 Å². The Balaban J connectivity index is 1.61.